The Labute approximate surface area is 378 Å². The highest BCUT2D eigenvalue weighted by Gasteiger charge is 2.44. The molecule has 0 aliphatic carbocycles. The minimum Gasteiger partial charge on any atom is -0.508 e. The quantitative estimate of drug-likeness (QED) is 0.103. The van der Waals surface area contributed by atoms with E-state index in [-0.39, 0.29) is 64.2 Å². The van der Waals surface area contributed by atoms with Gasteiger partial charge in [-0.2, -0.15) is 0 Å². The third-order valence-corrected chi connectivity index (χ3v) is 11.3. The molecule has 6 amide bonds. The Balaban J connectivity index is 1.29. The number of fused-ring (bicyclic) bond motifs is 3. The van der Waals surface area contributed by atoms with E-state index in [0.29, 0.717) is 55.2 Å². The van der Waals surface area contributed by atoms with E-state index in [1.807, 2.05) is 30.3 Å². The number of ether oxygens (including phenoxy) is 2. The summed E-state index contributed by atoms with van der Waals surface area (Å²) >= 11 is 0. The van der Waals surface area contributed by atoms with Crippen LogP contribution in [0.1, 0.15) is 41.5 Å². The normalized spacial score (nSPS) is 20.6. The zero-order valence-corrected chi connectivity index (χ0v) is 36.3. The van der Waals surface area contributed by atoms with E-state index in [2.05, 4.69) is 26.6 Å². The summed E-state index contributed by atoms with van der Waals surface area (Å²) in [5, 5.41) is 24.0. The molecule has 0 aromatic heterocycles. The smallest absolute Gasteiger partial charge is 0.246 e. The maximum absolute atomic E-state index is 14.9. The van der Waals surface area contributed by atoms with Crippen molar-refractivity contribution >= 4 is 35.4 Å². The fourth-order valence-electron chi connectivity index (χ4n) is 7.92. The van der Waals surface area contributed by atoms with Crippen molar-refractivity contribution in [3.05, 3.63) is 138 Å². The topological polar surface area (TPSA) is 231 Å². The van der Waals surface area contributed by atoms with Crippen molar-refractivity contribution in [1.29, 1.82) is 0 Å². The van der Waals surface area contributed by atoms with Crippen molar-refractivity contribution in [2.45, 2.75) is 57.2 Å². The molecule has 16 nitrogen and oxygen atoms in total. The van der Waals surface area contributed by atoms with Gasteiger partial charge in [-0.05, 0) is 84.3 Å². The van der Waals surface area contributed by atoms with Crippen LogP contribution < -0.4 is 37.1 Å². The standard InChI is InChI=1S/C49H57N7O9/c50-23-27-64-28-25-52-46(61)41-21-24-51-43(58)19-20-45(60)56-26-6-22-49(33-56,31-35-7-2-1-3-8-35)48(63)55-42(47(62)53-32-37-10-5-4-9-36(37)30-44(59)54-41)29-34-11-15-39(16-12-34)65-40-17-13-38(57)14-18-40/h1-5,7-20,41-42,57H,6,21-33,50H2,(H,51,58)(H,52,61)(H,53,62)(H,54,59)(H,55,63)/b20-19+/t41-,42-,49-/m0/s1. The maximum atomic E-state index is 14.9. The molecule has 4 aromatic carbocycles. The minimum atomic E-state index is -1.13. The number of benzene rings is 4. The maximum Gasteiger partial charge on any atom is 0.246 e. The molecule has 0 saturated carbocycles. The van der Waals surface area contributed by atoms with E-state index in [0.717, 1.165) is 23.3 Å². The number of phenolic OH excluding ortho intramolecular Hbond substituents is 1. The lowest BCUT2D eigenvalue weighted by atomic mass is 9.74. The number of nitrogens with two attached hydrogens (primary N) is 1. The van der Waals surface area contributed by atoms with Gasteiger partial charge in [-0.1, -0.05) is 66.7 Å². The van der Waals surface area contributed by atoms with Gasteiger partial charge in [-0.25, -0.2) is 0 Å². The van der Waals surface area contributed by atoms with Crippen LogP contribution in [0.2, 0.25) is 0 Å². The number of carbonyl (C=O) groups is 6. The van der Waals surface area contributed by atoms with Gasteiger partial charge in [0.05, 0.1) is 25.0 Å². The van der Waals surface area contributed by atoms with Crippen molar-refractivity contribution < 1.29 is 43.3 Å². The van der Waals surface area contributed by atoms with Crippen molar-refractivity contribution in [1.82, 2.24) is 31.5 Å². The van der Waals surface area contributed by atoms with E-state index in [1.165, 1.54) is 12.1 Å². The number of aromatic hydroxyl groups is 1. The summed E-state index contributed by atoms with van der Waals surface area (Å²) < 4.78 is 11.3. The van der Waals surface area contributed by atoms with Crippen LogP contribution in [0.3, 0.4) is 0 Å². The number of amides is 6. The summed E-state index contributed by atoms with van der Waals surface area (Å²) in [7, 11) is 0. The van der Waals surface area contributed by atoms with Gasteiger partial charge >= 0.3 is 0 Å². The van der Waals surface area contributed by atoms with Crippen LogP contribution in [0.5, 0.6) is 17.2 Å². The van der Waals surface area contributed by atoms with Crippen LogP contribution in [0.4, 0.5) is 0 Å². The lowest BCUT2D eigenvalue weighted by Crippen LogP contribution is -2.58. The predicted molar refractivity (Wildman–Crippen MR) is 242 cm³/mol. The van der Waals surface area contributed by atoms with Gasteiger partial charge in [0.2, 0.25) is 35.4 Å². The van der Waals surface area contributed by atoms with Gasteiger partial charge in [0.25, 0.3) is 0 Å². The molecular weight excluding hydrogens is 831 g/mol. The predicted octanol–water partition coefficient (Wildman–Crippen LogP) is 2.57. The van der Waals surface area contributed by atoms with E-state index in [9.17, 15) is 33.9 Å². The molecule has 0 unspecified atom stereocenters. The second-order valence-electron chi connectivity index (χ2n) is 16.2. The lowest BCUT2D eigenvalue weighted by Gasteiger charge is -2.42. The number of nitrogens with zero attached hydrogens (tertiary/aromatic N) is 1. The van der Waals surface area contributed by atoms with Gasteiger partial charge in [0.1, 0.15) is 29.3 Å². The van der Waals surface area contributed by atoms with Crippen molar-refractivity contribution in [2.24, 2.45) is 11.1 Å². The molecule has 3 atom stereocenters. The minimum absolute atomic E-state index is 0.00495. The molecule has 8 N–H and O–H groups in total. The monoisotopic (exact) mass is 887 g/mol. The molecule has 342 valence electrons. The SMILES string of the molecule is NCCOCCNC(=O)[C@@H]1CCNC(=O)/C=C/C(=O)N2CCC[C@](Cc3ccccc3)(C2)C(=O)N[C@@H](Cc2ccc(Oc3ccc(O)cc3)cc2)C(=O)NCc2ccccc2CC(=O)N1. The van der Waals surface area contributed by atoms with Gasteiger partial charge in [0, 0.05) is 57.8 Å². The van der Waals surface area contributed by atoms with Crippen molar-refractivity contribution in [3.8, 4) is 17.2 Å². The van der Waals surface area contributed by atoms with Crippen LogP contribution in [0.15, 0.2) is 115 Å². The number of hydrogen-bond donors (Lipinski definition) is 7. The molecule has 2 bridgehead atoms. The van der Waals surface area contributed by atoms with Crippen LogP contribution in [-0.4, -0.2) is 103 Å². The van der Waals surface area contributed by atoms with Crippen LogP contribution >= 0.6 is 0 Å². The highest BCUT2D eigenvalue weighted by molar-refractivity contribution is 5.97. The highest BCUT2D eigenvalue weighted by atomic mass is 16.5. The number of nitrogens with one attached hydrogen (secondary N) is 5. The number of rotatable bonds is 12. The van der Waals surface area contributed by atoms with Crippen LogP contribution in [0.25, 0.3) is 0 Å². The molecule has 2 aliphatic rings. The van der Waals surface area contributed by atoms with Gasteiger partial charge < -0.3 is 51.8 Å². The Hall–Kier alpha value is -7.04. The first-order valence-electron chi connectivity index (χ1n) is 21.8. The zero-order valence-electron chi connectivity index (χ0n) is 36.3. The third-order valence-electron chi connectivity index (χ3n) is 11.3. The van der Waals surface area contributed by atoms with E-state index < -0.39 is 52.9 Å². The van der Waals surface area contributed by atoms with Gasteiger partial charge in [-0.15, -0.1) is 0 Å². The average molecular weight is 888 g/mol. The van der Waals surface area contributed by atoms with Crippen LogP contribution in [-0.2, 0) is 59.3 Å². The second kappa shape index (κ2) is 23.6. The lowest BCUT2D eigenvalue weighted by molar-refractivity contribution is -0.141. The Morgan fingerprint density at radius 2 is 1.52 bits per heavy atom. The Morgan fingerprint density at radius 3 is 2.26 bits per heavy atom. The first kappa shape index (κ1) is 47.4. The summed E-state index contributed by atoms with van der Waals surface area (Å²) in [5.74, 6) is -1.68. The van der Waals surface area contributed by atoms with Crippen molar-refractivity contribution in [2.75, 3.05) is 45.9 Å². The highest BCUT2D eigenvalue weighted by Crippen LogP contribution is 2.35. The molecule has 65 heavy (non-hydrogen) atoms. The average Bonchev–Trinajstić information content (AvgIpc) is 3.31. The molecule has 0 radical (unpaired) electrons. The van der Waals surface area contributed by atoms with Gasteiger partial charge in [-0.3, -0.25) is 28.8 Å². The Kier molecular flexibility index (Phi) is 17.2. The molecule has 2 heterocycles. The molecular formula is C49H57N7O9. The van der Waals surface area contributed by atoms with E-state index >= 15 is 0 Å². The van der Waals surface area contributed by atoms with E-state index in [4.69, 9.17) is 15.2 Å². The molecule has 1 saturated heterocycles. The largest absolute Gasteiger partial charge is 0.508 e. The Morgan fingerprint density at radius 1 is 0.815 bits per heavy atom. The summed E-state index contributed by atoms with van der Waals surface area (Å²) in [6.45, 7) is 1.47. The summed E-state index contributed by atoms with van der Waals surface area (Å²) in [5.41, 5.74) is 7.22. The first-order valence-corrected chi connectivity index (χ1v) is 21.8. The summed E-state index contributed by atoms with van der Waals surface area (Å²) in [6, 6.07) is 27.9. The second-order valence-corrected chi connectivity index (χ2v) is 16.2. The summed E-state index contributed by atoms with van der Waals surface area (Å²) in [6.07, 6.45) is 3.52. The van der Waals surface area contributed by atoms with Crippen LogP contribution in [0, 0.1) is 5.41 Å². The molecule has 16 heteroatoms. The first-order chi connectivity index (χ1) is 31.5. The summed E-state index contributed by atoms with van der Waals surface area (Å²) in [4.78, 5) is 84.3. The van der Waals surface area contributed by atoms with Crippen molar-refractivity contribution in [3.63, 3.8) is 0 Å². The third kappa shape index (κ3) is 14.2. The number of carbonyl (C=O) groups excluding carboxylic acids is 6. The number of phenols is 1. The number of hydrogen-bond acceptors (Lipinski definition) is 10. The molecule has 2 aliphatic heterocycles. The molecule has 1 fully saturated rings. The fraction of sp³-hybridized carbons (Fsp3) is 0.347. The number of piperidine rings is 1. The molecule has 6 rings (SSSR count). The van der Waals surface area contributed by atoms with E-state index in [1.54, 1.807) is 65.6 Å². The fourth-order valence-corrected chi connectivity index (χ4v) is 7.92. The Bertz CT molecular complexity index is 2290. The zero-order chi connectivity index (χ0) is 46.0. The molecule has 4 aromatic rings. The molecule has 0 spiro atoms. The van der Waals surface area contributed by atoms with Gasteiger partial charge in [0.15, 0.2) is 0 Å².